The van der Waals surface area contributed by atoms with Crippen molar-refractivity contribution >= 4 is 24.3 Å². The van der Waals surface area contributed by atoms with Gasteiger partial charge in [0.25, 0.3) is 0 Å². The van der Waals surface area contributed by atoms with Crippen LogP contribution in [-0.2, 0) is 9.59 Å². The van der Waals surface area contributed by atoms with Crippen molar-refractivity contribution in [2.75, 3.05) is 0 Å². The lowest BCUT2D eigenvalue weighted by Gasteiger charge is -2.06. The number of nitrogens with two attached hydrogens (primary N) is 1. The Kier molecular flexibility index (Phi) is 6.54. The summed E-state index contributed by atoms with van der Waals surface area (Å²) in [6, 6.07) is -1.46. The Hall–Kier alpha value is -0.880. The van der Waals surface area contributed by atoms with Gasteiger partial charge in [-0.15, -0.1) is 12.4 Å². The third kappa shape index (κ3) is 4.86. The minimum atomic E-state index is -2.21. The van der Waals surface area contributed by atoms with Gasteiger partial charge in [-0.05, 0) is 0 Å². The lowest BCUT2D eigenvalue weighted by molar-refractivity contribution is -0.144. The Morgan fingerprint density at radius 1 is 1.33 bits per heavy atom. The van der Waals surface area contributed by atoms with Crippen LogP contribution in [0.15, 0.2) is 0 Å². The molecule has 0 bridgehead atoms. The van der Waals surface area contributed by atoms with Crippen LogP contribution in [0.2, 0.25) is 0 Å². The molecule has 0 aliphatic rings. The molecule has 0 aromatic heterocycles. The lowest BCUT2D eigenvalue weighted by atomic mass is 10.1. The Bertz CT molecular complexity index is 159. The molecule has 0 amide bonds. The summed E-state index contributed by atoms with van der Waals surface area (Å²) < 4.78 is 12.2. The molecule has 0 unspecified atom stereocenters. The molecule has 0 heterocycles. The van der Waals surface area contributed by atoms with Gasteiger partial charge in [-0.25, -0.2) is 9.18 Å². The summed E-state index contributed by atoms with van der Waals surface area (Å²) in [6.07, 6.45) is -2.91. The van der Waals surface area contributed by atoms with Crippen LogP contribution in [0, 0.1) is 0 Å². The first kappa shape index (κ1) is 13.7. The summed E-state index contributed by atoms with van der Waals surface area (Å²) in [5, 5.41) is 16.1. The maximum absolute atomic E-state index is 12.2. The molecule has 12 heavy (non-hydrogen) atoms. The van der Waals surface area contributed by atoms with E-state index in [0.717, 1.165) is 0 Å². The van der Waals surface area contributed by atoms with Gasteiger partial charge in [0.15, 0.2) is 6.17 Å². The third-order valence-corrected chi connectivity index (χ3v) is 1.05. The average Bonchev–Trinajstić information content (AvgIpc) is 1.87. The largest absolute Gasteiger partial charge is 0.480 e. The highest BCUT2D eigenvalue weighted by molar-refractivity contribution is 5.85. The van der Waals surface area contributed by atoms with E-state index in [1.54, 1.807) is 0 Å². The quantitative estimate of drug-likeness (QED) is 0.576. The van der Waals surface area contributed by atoms with Gasteiger partial charge in [0, 0.05) is 6.42 Å². The van der Waals surface area contributed by atoms with Crippen LogP contribution in [0.5, 0.6) is 0 Å². The number of carboxylic acids is 2. The Labute approximate surface area is 73.8 Å². The molecular formula is C5H9ClFNO4. The highest BCUT2D eigenvalue weighted by Crippen LogP contribution is 2.00. The summed E-state index contributed by atoms with van der Waals surface area (Å²) >= 11 is 0. The van der Waals surface area contributed by atoms with Crippen molar-refractivity contribution in [3.05, 3.63) is 0 Å². The van der Waals surface area contributed by atoms with Crippen molar-refractivity contribution in [1.82, 2.24) is 0 Å². The maximum Gasteiger partial charge on any atom is 0.338 e. The zero-order valence-electron chi connectivity index (χ0n) is 5.94. The van der Waals surface area contributed by atoms with Crippen molar-refractivity contribution in [3.63, 3.8) is 0 Å². The zero-order valence-corrected chi connectivity index (χ0v) is 6.75. The fourth-order valence-electron chi connectivity index (χ4n) is 0.425. The first-order chi connectivity index (χ1) is 4.95. The van der Waals surface area contributed by atoms with Crippen molar-refractivity contribution in [1.29, 1.82) is 0 Å². The molecule has 0 aromatic carbocycles. The number of carbonyl (C=O) groups is 2. The van der Waals surface area contributed by atoms with Gasteiger partial charge in [-0.3, -0.25) is 4.79 Å². The SMILES string of the molecule is Cl.N[C@@H](C[C@@H](F)C(=O)O)C(=O)O. The van der Waals surface area contributed by atoms with E-state index in [0.29, 0.717) is 0 Å². The Morgan fingerprint density at radius 3 is 2.00 bits per heavy atom. The van der Waals surface area contributed by atoms with Crippen molar-refractivity contribution in [2.24, 2.45) is 5.73 Å². The molecule has 5 nitrogen and oxygen atoms in total. The minimum absolute atomic E-state index is 0. The van der Waals surface area contributed by atoms with Gasteiger partial charge in [-0.1, -0.05) is 0 Å². The average molecular weight is 202 g/mol. The van der Waals surface area contributed by atoms with E-state index in [9.17, 15) is 14.0 Å². The predicted molar refractivity (Wildman–Crippen MR) is 40.0 cm³/mol. The van der Waals surface area contributed by atoms with Crippen LogP contribution >= 0.6 is 12.4 Å². The molecule has 4 N–H and O–H groups in total. The second-order valence-electron chi connectivity index (χ2n) is 1.99. The number of hydrogen-bond donors (Lipinski definition) is 3. The van der Waals surface area contributed by atoms with Crippen LogP contribution in [0.4, 0.5) is 4.39 Å². The first-order valence-corrected chi connectivity index (χ1v) is 2.80. The van der Waals surface area contributed by atoms with Crippen LogP contribution in [-0.4, -0.2) is 34.4 Å². The summed E-state index contributed by atoms with van der Waals surface area (Å²) in [5.74, 6) is -3.10. The van der Waals surface area contributed by atoms with E-state index in [-0.39, 0.29) is 12.4 Å². The fraction of sp³-hybridized carbons (Fsp3) is 0.600. The topological polar surface area (TPSA) is 101 Å². The highest BCUT2D eigenvalue weighted by atomic mass is 35.5. The van der Waals surface area contributed by atoms with E-state index in [1.165, 1.54) is 0 Å². The molecule has 0 rings (SSSR count). The molecule has 0 radical (unpaired) electrons. The molecular weight excluding hydrogens is 193 g/mol. The van der Waals surface area contributed by atoms with Crippen LogP contribution in [0.25, 0.3) is 0 Å². The monoisotopic (exact) mass is 201 g/mol. The molecule has 2 atom stereocenters. The molecule has 72 valence electrons. The number of alkyl halides is 1. The Balaban J connectivity index is 0. The van der Waals surface area contributed by atoms with Crippen molar-refractivity contribution < 1.29 is 24.2 Å². The van der Waals surface area contributed by atoms with Gasteiger partial charge in [0.1, 0.15) is 6.04 Å². The molecule has 0 aromatic rings. The van der Waals surface area contributed by atoms with Gasteiger partial charge in [0.2, 0.25) is 0 Å². The van der Waals surface area contributed by atoms with E-state index in [4.69, 9.17) is 15.9 Å². The molecule has 0 spiro atoms. The second kappa shape index (κ2) is 5.73. The Morgan fingerprint density at radius 2 is 1.75 bits per heavy atom. The van der Waals surface area contributed by atoms with Gasteiger partial charge in [0.05, 0.1) is 0 Å². The molecule has 0 aliphatic heterocycles. The zero-order chi connectivity index (χ0) is 9.02. The van der Waals surface area contributed by atoms with E-state index in [1.807, 2.05) is 0 Å². The highest BCUT2D eigenvalue weighted by Gasteiger charge is 2.23. The summed E-state index contributed by atoms with van der Waals surface area (Å²) in [4.78, 5) is 19.8. The smallest absolute Gasteiger partial charge is 0.338 e. The number of halogens is 2. The number of carboxylic acid groups (broad SMARTS) is 2. The first-order valence-electron chi connectivity index (χ1n) is 2.80. The van der Waals surface area contributed by atoms with Gasteiger partial charge >= 0.3 is 11.9 Å². The number of rotatable bonds is 4. The summed E-state index contributed by atoms with van der Waals surface area (Å²) in [5.41, 5.74) is 4.85. The number of aliphatic carboxylic acids is 2. The molecule has 0 saturated heterocycles. The van der Waals surface area contributed by atoms with Crippen LogP contribution in [0.3, 0.4) is 0 Å². The minimum Gasteiger partial charge on any atom is -0.480 e. The molecule has 7 heteroatoms. The molecule has 0 aliphatic carbocycles. The molecule has 0 saturated carbocycles. The van der Waals surface area contributed by atoms with E-state index < -0.39 is 30.6 Å². The normalized spacial score (nSPS) is 14.2. The van der Waals surface area contributed by atoms with Crippen LogP contribution < -0.4 is 5.73 Å². The predicted octanol–water partition coefficient (Wildman–Crippen LogP) is -0.367. The summed E-state index contributed by atoms with van der Waals surface area (Å²) in [7, 11) is 0. The fourth-order valence-corrected chi connectivity index (χ4v) is 0.425. The summed E-state index contributed by atoms with van der Waals surface area (Å²) in [6.45, 7) is 0. The lowest BCUT2D eigenvalue weighted by Crippen LogP contribution is -2.35. The maximum atomic E-state index is 12.2. The van der Waals surface area contributed by atoms with E-state index in [2.05, 4.69) is 0 Å². The molecule has 0 fully saturated rings. The van der Waals surface area contributed by atoms with Gasteiger partial charge < -0.3 is 15.9 Å². The van der Waals surface area contributed by atoms with Crippen molar-refractivity contribution in [2.45, 2.75) is 18.6 Å². The van der Waals surface area contributed by atoms with Crippen molar-refractivity contribution in [3.8, 4) is 0 Å². The van der Waals surface area contributed by atoms with E-state index >= 15 is 0 Å². The standard InChI is InChI=1S/C5H8FNO4.ClH/c6-2(4(8)9)1-3(7)5(10)11;/h2-3H,1,7H2,(H,8,9)(H,10,11);1H/t2-,3+;/m1./s1. The third-order valence-electron chi connectivity index (χ3n) is 1.05. The number of hydrogen-bond acceptors (Lipinski definition) is 3. The van der Waals surface area contributed by atoms with Crippen LogP contribution in [0.1, 0.15) is 6.42 Å². The van der Waals surface area contributed by atoms with Gasteiger partial charge in [-0.2, -0.15) is 0 Å². The second-order valence-corrected chi connectivity index (χ2v) is 1.99.